The van der Waals surface area contributed by atoms with Crippen LogP contribution in [0, 0.1) is 0 Å². The highest BCUT2D eigenvalue weighted by Gasteiger charge is 2.39. The fourth-order valence-corrected chi connectivity index (χ4v) is 5.59. The summed E-state index contributed by atoms with van der Waals surface area (Å²) >= 11 is 0. The number of aromatic nitrogens is 1. The summed E-state index contributed by atoms with van der Waals surface area (Å²) in [6.07, 6.45) is -0.338. The van der Waals surface area contributed by atoms with Gasteiger partial charge in [-0.15, -0.1) is 12.4 Å². The van der Waals surface area contributed by atoms with Crippen LogP contribution in [0.3, 0.4) is 0 Å². The van der Waals surface area contributed by atoms with E-state index in [1.165, 1.54) is 6.07 Å². The molecule has 2 aromatic carbocycles. The Morgan fingerprint density at radius 2 is 1.67 bits per heavy atom. The standard InChI is InChI=1S/C25H26F3N3O.ClH/c1-30-18-10-11-19(30)14-17(13-18)29-24(32)22-20-8-3-4-9-21(20)31(2)23(22)15-6-5-7-16(12-15)25(26,27)28;/h3-9,12,17-19H,10-11,13-14H2,1-2H3,(H,29,32);1H/t17-,18+,19-;. The summed E-state index contributed by atoms with van der Waals surface area (Å²) in [7, 11) is 3.95. The minimum Gasteiger partial charge on any atom is -0.349 e. The SMILES string of the molecule is CN1[C@@H]2CC[C@H]1C[C@@H](NC(=O)c1c(-c3cccc(C(F)(F)F)c3)n(C)c3ccccc13)C2.Cl. The van der Waals surface area contributed by atoms with Gasteiger partial charge in [-0.05, 0) is 56.5 Å². The number of benzene rings is 2. The number of carbonyl (C=O) groups is 1. The Morgan fingerprint density at radius 3 is 2.33 bits per heavy atom. The molecule has 3 heterocycles. The van der Waals surface area contributed by atoms with Gasteiger partial charge in [-0.3, -0.25) is 4.79 Å². The molecule has 0 aliphatic carbocycles. The summed E-state index contributed by atoms with van der Waals surface area (Å²) in [5.74, 6) is -0.219. The number of hydrogen-bond acceptors (Lipinski definition) is 2. The van der Waals surface area contributed by atoms with Crippen LogP contribution < -0.4 is 5.32 Å². The van der Waals surface area contributed by atoms with Gasteiger partial charge in [0.1, 0.15) is 0 Å². The van der Waals surface area contributed by atoms with E-state index in [4.69, 9.17) is 0 Å². The number of nitrogens with one attached hydrogen (secondary N) is 1. The lowest BCUT2D eigenvalue weighted by atomic mass is 9.97. The first-order valence-corrected chi connectivity index (χ1v) is 11.0. The van der Waals surface area contributed by atoms with Crippen molar-refractivity contribution in [3.63, 3.8) is 0 Å². The highest BCUT2D eigenvalue weighted by atomic mass is 35.5. The van der Waals surface area contributed by atoms with E-state index in [1.807, 2.05) is 28.8 Å². The zero-order chi connectivity index (χ0) is 22.6. The minimum atomic E-state index is -4.45. The van der Waals surface area contributed by atoms with Crippen LogP contribution in [0.4, 0.5) is 13.2 Å². The zero-order valence-corrected chi connectivity index (χ0v) is 19.3. The van der Waals surface area contributed by atoms with E-state index in [-0.39, 0.29) is 24.4 Å². The number of para-hydroxylation sites is 1. The quantitative estimate of drug-likeness (QED) is 0.530. The van der Waals surface area contributed by atoms with Crippen LogP contribution >= 0.6 is 12.4 Å². The molecule has 33 heavy (non-hydrogen) atoms. The van der Waals surface area contributed by atoms with Crippen LogP contribution in [0.25, 0.3) is 22.2 Å². The number of alkyl halides is 3. The Morgan fingerprint density at radius 1 is 1.00 bits per heavy atom. The Balaban J connectivity index is 0.00000259. The molecule has 176 valence electrons. The molecule has 0 spiro atoms. The molecular formula is C25H27ClF3N3O. The molecule has 1 amide bonds. The predicted molar refractivity (Wildman–Crippen MR) is 126 cm³/mol. The molecule has 2 fully saturated rings. The van der Waals surface area contributed by atoms with E-state index in [9.17, 15) is 18.0 Å². The summed E-state index contributed by atoms with van der Waals surface area (Å²) in [4.78, 5) is 16.0. The molecule has 0 saturated carbocycles. The first-order valence-electron chi connectivity index (χ1n) is 11.0. The fourth-order valence-electron chi connectivity index (χ4n) is 5.59. The minimum absolute atomic E-state index is 0. The van der Waals surface area contributed by atoms with Gasteiger partial charge in [0.15, 0.2) is 0 Å². The average molecular weight is 478 g/mol. The van der Waals surface area contributed by atoms with Crippen LogP contribution in [0.2, 0.25) is 0 Å². The molecule has 5 rings (SSSR count). The Bertz CT molecular complexity index is 1180. The lowest BCUT2D eigenvalue weighted by Crippen LogP contribution is -2.48. The number of piperidine rings is 1. The zero-order valence-electron chi connectivity index (χ0n) is 18.5. The molecule has 8 heteroatoms. The second-order valence-corrected chi connectivity index (χ2v) is 9.07. The molecular weight excluding hydrogens is 451 g/mol. The first-order chi connectivity index (χ1) is 15.2. The second kappa shape index (κ2) is 8.69. The maximum atomic E-state index is 13.6. The molecule has 0 unspecified atom stereocenters. The van der Waals surface area contributed by atoms with Gasteiger partial charge >= 0.3 is 6.18 Å². The van der Waals surface area contributed by atoms with Gasteiger partial charge in [-0.25, -0.2) is 0 Å². The number of rotatable bonds is 3. The van der Waals surface area contributed by atoms with Crippen molar-refractivity contribution < 1.29 is 18.0 Å². The van der Waals surface area contributed by atoms with Crippen molar-refractivity contribution in [3.05, 3.63) is 59.7 Å². The maximum Gasteiger partial charge on any atom is 0.416 e. The van der Waals surface area contributed by atoms with Crippen LogP contribution in [0.5, 0.6) is 0 Å². The van der Waals surface area contributed by atoms with Gasteiger partial charge in [0.25, 0.3) is 5.91 Å². The van der Waals surface area contributed by atoms with Crippen LogP contribution in [-0.4, -0.2) is 40.5 Å². The van der Waals surface area contributed by atoms with Crippen molar-refractivity contribution >= 4 is 29.2 Å². The lowest BCUT2D eigenvalue weighted by molar-refractivity contribution is -0.137. The van der Waals surface area contributed by atoms with Gasteiger partial charge < -0.3 is 14.8 Å². The van der Waals surface area contributed by atoms with Crippen LogP contribution in [0.1, 0.15) is 41.6 Å². The average Bonchev–Trinajstić information content (AvgIpc) is 3.15. The summed E-state index contributed by atoms with van der Waals surface area (Å²) in [6, 6.07) is 13.7. The van der Waals surface area contributed by atoms with Crippen molar-refractivity contribution in [1.29, 1.82) is 0 Å². The van der Waals surface area contributed by atoms with Crippen LogP contribution in [-0.2, 0) is 13.2 Å². The first kappa shape index (κ1) is 23.6. The summed E-state index contributed by atoms with van der Waals surface area (Å²) in [6.45, 7) is 0. The van der Waals surface area contributed by atoms with Gasteiger partial charge in [-0.1, -0.05) is 30.3 Å². The highest BCUT2D eigenvalue weighted by molar-refractivity contribution is 6.12. The molecule has 3 atom stereocenters. The van der Waals surface area contributed by atoms with E-state index < -0.39 is 11.7 Å². The lowest BCUT2D eigenvalue weighted by Gasteiger charge is -2.36. The molecule has 2 saturated heterocycles. The van der Waals surface area contributed by atoms with Gasteiger partial charge in [-0.2, -0.15) is 13.2 Å². The predicted octanol–water partition coefficient (Wildman–Crippen LogP) is 5.64. The third kappa shape index (κ3) is 4.13. The molecule has 1 aromatic heterocycles. The highest BCUT2D eigenvalue weighted by Crippen LogP contribution is 2.38. The molecule has 0 radical (unpaired) electrons. The molecule has 4 nitrogen and oxygen atoms in total. The number of hydrogen-bond donors (Lipinski definition) is 1. The van der Waals surface area contributed by atoms with Crippen molar-refractivity contribution in [2.24, 2.45) is 7.05 Å². The van der Waals surface area contributed by atoms with E-state index in [1.54, 1.807) is 13.1 Å². The number of fused-ring (bicyclic) bond motifs is 3. The molecule has 2 aliphatic heterocycles. The molecule has 2 aliphatic rings. The van der Waals surface area contributed by atoms with Gasteiger partial charge in [0.2, 0.25) is 0 Å². The molecule has 1 N–H and O–H groups in total. The third-order valence-corrected chi connectivity index (χ3v) is 7.23. The Hall–Kier alpha value is -2.51. The van der Waals surface area contributed by atoms with Gasteiger partial charge in [0.05, 0.1) is 16.8 Å². The van der Waals surface area contributed by atoms with E-state index in [0.29, 0.717) is 28.9 Å². The Kier molecular flexibility index (Phi) is 6.22. The molecule has 3 aromatic rings. The third-order valence-electron chi connectivity index (χ3n) is 7.23. The topological polar surface area (TPSA) is 37.3 Å². The van der Waals surface area contributed by atoms with E-state index in [0.717, 1.165) is 48.7 Å². The van der Waals surface area contributed by atoms with Crippen molar-refractivity contribution in [2.45, 2.75) is 50.0 Å². The smallest absolute Gasteiger partial charge is 0.349 e. The maximum absolute atomic E-state index is 13.6. The summed E-state index contributed by atoms with van der Waals surface area (Å²) in [5, 5.41) is 3.96. The Labute approximate surface area is 197 Å². The number of halogens is 4. The number of carbonyl (C=O) groups excluding carboxylic acids is 1. The summed E-state index contributed by atoms with van der Waals surface area (Å²) in [5.41, 5.74) is 1.42. The fraction of sp³-hybridized carbons (Fsp3) is 0.400. The van der Waals surface area contributed by atoms with E-state index >= 15 is 0 Å². The summed E-state index contributed by atoms with van der Waals surface area (Å²) < 4.78 is 42.0. The second-order valence-electron chi connectivity index (χ2n) is 9.07. The number of aryl methyl sites for hydroxylation is 1. The normalized spacial score (nSPS) is 22.9. The molecule has 2 bridgehead atoms. The largest absolute Gasteiger partial charge is 0.416 e. The van der Waals surface area contributed by atoms with Crippen molar-refractivity contribution in [3.8, 4) is 11.3 Å². The number of nitrogens with zero attached hydrogens (tertiary/aromatic N) is 2. The number of amides is 1. The van der Waals surface area contributed by atoms with Gasteiger partial charge in [0, 0.05) is 36.1 Å². The van der Waals surface area contributed by atoms with E-state index in [2.05, 4.69) is 17.3 Å². The van der Waals surface area contributed by atoms with Crippen molar-refractivity contribution in [2.75, 3.05) is 7.05 Å². The van der Waals surface area contributed by atoms with Crippen LogP contribution in [0.15, 0.2) is 48.5 Å². The monoisotopic (exact) mass is 477 g/mol. The van der Waals surface area contributed by atoms with Crippen molar-refractivity contribution in [1.82, 2.24) is 14.8 Å².